The average molecular weight is 237 g/mol. The SMILES string of the molecule is CC(C)(C)CCc1noc(C2CCCCN2)n1. The Morgan fingerprint density at radius 2 is 2.18 bits per heavy atom. The molecule has 1 N–H and O–H groups in total. The molecule has 1 unspecified atom stereocenters. The van der Waals surface area contributed by atoms with Crippen molar-refractivity contribution in [3.63, 3.8) is 0 Å². The Hall–Kier alpha value is -0.900. The van der Waals surface area contributed by atoms with Gasteiger partial charge in [-0.1, -0.05) is 32.3 Å². The molecule has 1 aliphatic heterocycles. The van der Waals surface area contributed by atoms with Crippen molar-refractivity contribution in [3.8, 4) is 0 Å². The van der Waals surface area contributed by atoms with Crippen LogP contribution in [0.3, 0.4) is 0 Å². The molecule has 17 heavy (non-hydrogen) atoms. The van der Waals surface area contributed by atoms with Gasteiger partial charge in [0, 0.05) is 6.42 Å². The van der Waals surface area contributed by atoms with E-state index in [0.717, 1.165) is 37.5 Å². The Labute approximate surface area is 103 Å². The quantitative estimate of drug-likeness (QED) is 0.878. The van der Waals surface area contributed by atoms with Crippen molar-refractivity contribution >= 4 is 0 Å². The Bertz CT molecular complexity index is 348. The fourth-order valence-electron chi connectivity index (χ4n) is 2.06. The molecule has 1 aromatic rings. The number of hydrogen-bond donors (Lipinski definition) is 1. The lowest BCUT2D eigenvalue weighted by Crippen LogP contribution is -2.27. The maximum Gasteiger partial charge on any atom is 0.243 e. The van der Waals surface area contributed by atoms with Crippen LogP contribution in [-0.2, 0) is 6.42 Å². The van der Waals surface area contributed by atoms with Crippen molar-refractivity contribution in [2.24, 2.45) is 5.41 Å². The van der Waals surface area contributed by atoms with Crippen LogP contribution in [0.25, 0.3) is 0 Å². The highest BCUT2D eigenvalue weighted by Crippen LogP contribution is 2.23. The molecule has 0 aliphatic carbocycles. The second-order valence-electron chi connectivity index (χ2n) is 6.11. The van der Waals surface area contributed by atoms with E-state index in [1.54, 1.807) is 0 Å². The molecule has 1 atom stereocenters. The number of rotatable bonds is 3. The van der Waals surface area contributed by atoms with E-state index < -0.39 is 0 Å². The van der Waals surface area contributed by atoms with E-state index >= 15 is 0 Å². The second-order valence-corrected chi connectivity index (χ2v) is 6.11. The first-order chi connectivity index (χ1) is 8.04. The van der Waals surface area contributed by atoms with Gasteiger partial charge in [0.2, 0.25) is 5.89 Å². The zero-order chi connectivity index (χ0) is 12.3. The van der Waals surface area contributed by atoms with Crippen LogP contribution in [0.2, 0.25) is 0 Å². The normalized spacial score (nSPS) is 21.7. The number of nitrogens with one attached hydrogen (secondary N) is 1. The molecule has 0 saturated carbocycles. The van der Waals surface area contributed by atoms with E-state index in [-0.39, 0.29) is 6.04 Å². The van der Waals surface area contributed by atoms with Gasteiger partial charge in [-0.25, -0.2) is 0 Å². The summed E-state index contributed by atoms with van der Waals surface area (Å²) in [5.41, 5.74) is 0.323. The van der Waals surface area contributed by atoms with Gasteiger partial charge in [0.05, 0.1) is 6.04 Å². The smallest absolute Gasteiger partial charge is 0.243 e. The molecule has 2 heterocycles. The minimum absolute atomic E-state index is 0.277. The van der Waals surface area contributed by atoms with Gasteiger partial charge in [-0.15, -0.1) is 0 Å². The lowest BCUT2D eigenvalue weighted by molar-refractivity contribution is 0.295. The molecule has 4 heteroatoms. The number of aryl methyl sites for hydroxylation is 1. The van der Waals surface area contributed by atoms with Gasteiger partial charge in [-0.3, -0.25) is 0 Å². The average Bonchev–Trinajstić information content (AvgIpc) is 2.75. The highest BCUT2D eigenvalue weighted by molar-refractivity contribution is 4.94. The molecular formula is C13H23N3O. The molecule has 0 spiro atoms. The van der Waals surface area contributed by atoms with Gasteiger partial charge in [0.25, 0.3) is 0 Å². The molecule has 1 saturated heterocycles. The Morgan fingerprint density at radius 1 is 1.35 bits per heavy atom. The van der Waals surface area contributed by atoms with E-state index in [4.69, 9.17) is 4.52 Å². The van der Waals surface area contributed by atoms with Crippen molar-refractivity contribution in [3.05, 3.63) is 11.7 Å². The van der Waals surface area contributed by atoms with Crippen LogP contribution in [0, 0.1) is 5.41 Å². The van der Waals surface area contributed by atoms with Crippen molar-refractivity contribution in [1.29, 1.82) is 0 Å². The Morgan fingerprint density at radius 3 is 2.82 bits per heavy atom. The zero-order valence-electron chi connectivity index (χ0n) is 11.1. The van der Waals surface area contributed by atoms with E-state index in [1.807, 2.05) is 0 Å². The Balaban J connectivity index is 1.91. The molecule has 2 rings (SSSR count). The number of aromatic nitrogens is 2. The van der Waals surface area contributed by atoms with E-state index in [0.29, 0.717) is 5.41 Å². The first-order valence-electron chi connectivity index (χ1n) is 6.60. The molecule has 0 bridgehead atoms. The van der Waals surface area contributed by atoms with Gasteiger partial charge in [-0.05, 0) is 31.2 Å². The molecule has 1 fully saturated rings. The minimum atomic E-state index is 0.277. The van der Waals surface area contributed by atoms with E-state index in [2.05, 4.69) is 36.2 Å². The molecular weight excluding hydrogens is 214 g/mol. The fraction of sp³-hybridized carbons (Fsp3) is 0.846. The van der Waals surface area contributed by atoms with Crippen LogP contribution in [-0.4, -0.2) is 16.7 Å². The van der Waals surface area contributed by atoms with E-state index in [9.17, 15) is 0 Å². The summed E-state index contributed by atoms with van der Waals surface area (Å²) in [4.78, 5) is 4.50. The molecule has 0 amide bonds. The molecule has 1 aromatic heterocycles. The van der Waals surface area contributed by atoms with Crippen molar-refractivity contribution < 1.29 is 4.52 Å². The monoisotopic (exact) mass is 237 g/mol. The summed E-state index contributed by atoms with van der Waals surface area (Å²) >= 11 is 0. The molecule has 1 aliphatic rings. The summed E-state index contributed by atoms with van der Waals surface area (Å²) in [6, 6.07) is 0.277. The number of piperidine rings is 1. The van der Waals surface area contributed by atoms with Crippen molar-refractivity contribution in [2.75, 3.05) is 6.54 Å². The van der Waals surface area contributed by atoms with Crippen LogP contribution in [0.15, 0.2) is 4.52 Å². The van der Waals surface area contributed by atoms with Crippen LogP contribution < -0.4 is 5.32 Å². The lowest BCUT2D eigenvalue weighted by atomic mass is 9.90. The number of hydrogen-bond acceptors (Lipinski definition) is 4. The first kappa shape index (κ1) is 12.6. The van der Waals surface area contributed by atoms with Crippen LogP contribution in [0.4, 0.5) is 0 Å². The van der Waals surface area contributed by atoms with Crippen LogP contribution in [0.5, 0.6) is 0 Å². The summed E-state index contributed by atoms with van der Waals surface area (Å²) in [6.45, 7) is 7.76. The van der Waals surface area contributed by atoms with Crippen LogP contribution in [0.1, 0.15) is 64.2 Å². The largest absolute Gasteiger partial charge is 0.338 e. The zero-order valence-corrected chi connectivity index (χ0v) is 11.1. The van der Waals surface area contributed by atoms with Gasteiger partial charge in [-0.2, -0.15) is 4.98 Å². The predicted octanol–water partition coefficient (Wildman–Crippen LogP) is 2.86. The molecule has 4 nitrogen and oxygen atoms in total. The Kier molecular flexibility index (Phi) is 3.82. The molecule has 0 radical (unpaired) electrons. The van der Waals surface area contributed by atoms with E-state index in [1.165, 1.54) is 12.8 Å². The maximum absolute atomic E-state index is 5.35. The highest BCUT2D eigenvalue weighted by Gasteiger charge is 2.21. The number of nitrogens with zero attached hydrogens (tertiary/aromatic N) is 2. The first-order valence-corrected chi connectivity index (χ1v) is 6.60. The van der Waals surface area contributed by atoms with Gasteiger partial charge >= 0.3 is 0 Å². The summed E-state index contributed by atoms with van der Waals surface area (Å²) in [6.07, 6.45) is 5.60. The van der Waals surface area contributed by atoms with Gasteiger partial charge in [0.1, 0.15) is 0 Å². The second kappa shape index (κ2) is 5.17. The summed E-state index contributed by atoms with van der Waals surface area (Å²) in [5, 5.41) is 7.49. The third-order valence-electron chi connectivity index (χ3n) is 3.19. The molecule has 96 valence electrons. The predicted molar refractivity (Wildman–Crippen MR) is 66.7 cm³/mol. The summed E-state index contributed by atoms with van der Waals surface area (Å²) in [7, 11) is 0. The standard InChI is InChI=1S/C13H23N3O/c1-13(2,3)8-7-11-15-12(17-16-11)10-6-4-5-9-14-10/h10,14H,4-9H2,1-3H3. The summed E-state index contributed by atoms with van der Waals surface area (Å²) < 4.78 is 5.35. The minimum Gasteiger partial charge on any atom is -0.338 e. The van der Waals surface area contributed by atoms with Gasteiger partial charge in [0.15, 0.2) is 5.82 Å². The van der Waals surface area contributed by atoms with Crippen molar-refractivity contribution in [1.82, 2.24) is 15.5 Å². The molecule has 0 aromatic carbocycles. The lowest BCUT2D eigenvalue weighted by Gasteiger charge is -2.19. The maximum atomic E-state index is 5.35. The highest BCUT2D eigenvalue weighted by atomic mass is 16.5. The third kappa shape index (κ3) is 3.80. The van der Waals surface area contributed by atoms with Gasteiger partial charge < -0.3 is 9.84 Å². The van der Waals surface area contributed by atoms with Crippen LogP contribution >= 0.6 is 0 Å². The van der Waals surface area contributed by atoms with Crippen molar-refractivity contribution in [2.45, 2.75) is 58.9 Å². The fourth-order valence-corrected chi connectivity index (χ4v) is 2.06. The topological polar surface area (TPSA) is 51.0 Å². The third-order valence-corrected chi connectivity index (χ3v) is 3.19. The summed E-state index contributed by atoms with van der Waals surface area (Å²) in [5.74, 6) is 1.62.